The third-order valence-corrected chi connectivity index (χ3v) is 5.38. The van der Waals surface area contributed by atoms with Crippen molar-refractivity contribution in [2.24, 2.45) is 0 Å². The van der Waals surface area contributed by atoms with E-state index in [1.54, 1.807) is 12.1 Å². The first-order valence-electron chi connectivity index (χ1n) is 9.80. The average molecular weight is 406 g/mol. The predicted octanol–water partition coefficient (Wildman–Crippen LogP) is 3.18. The number of nitrogens with zero attached hydrogens (tertiary/aromatic N) is 1. The Morgan fingerprint density at radius 2 is 1.67 bits per heavy atom. The largest absolute Gasteiger partial charge is 0.457 e. The number of carbonyl (C=O) groups excluding carboxylic acids is 4. The summed E-state index contributed by atoms with van der Waals surface area (Å²) in [7, 11) is 0. The van der Waals surface area contributed by atoms with Crippen LogP contribution in [0.15, 0.2) is 42.5 Å². The molecule has 2 aromatic carbocycles. The lowest BCUT2D eigenvalue weighted by Crippen LogP contribution is -2.54. The van der Waals surface area contributed by atoms with Crippen molar-refractivity contribution < 1.29 is 23.9 Å². The fourth-order valence-corrected chi connectivity index (χ4v) is 3.72. The van der Waals surface area contributed by atoms with Crippen molar-refractivity contribution in [1.29, 1.82) is 0 Å². The van der Waals surface area contributed by atoms with E-state index in [9.17, 15) is 19.2 Å². The van der Waals surface area contributed by atoms with Gasteiger partial charge >= 0.3 is 0 Å². The van der Waals surface area contributed by atoms with Crippen LogP contribution in [0.3, 0.4) is 0 Å². The van der Waals surface area contributed by atoms with Crippen LogP contribution in [0.4, 0.5) is 0 Å². The normalized spacial score (nSPS) is 19.0. The molecule has 7 heteroatoms. The monoisotopic (exact) mass is 406 g/mol. The van der Waals surface area contributed by atoms with Crippen molar-refractivity contribution in [3.63, 3.8) is 0 Å². The molecule has 1 unspecified atom stereocenters. The topological polar surface area (TPSA) is 92.8 Å². The summed E-state index contributed by atoms with van der Waals surface area (Å²) in [6.45, 7) is 6.34. The lowest BCUT2D eigenvalue weighted by atomic mass is 9.87. The van der Waals surface area contributed by atoms with Gasteiger partial charge in [-0.1, -0.05) is 39.0 Å². The summed E-state index contributed by atoms with van der Waals surface area (Å²) in [5.41, 5.74) is 1.46. The number of hydrogen-bond acceptors (Lipinski definition) is 5. The first kappa shape index (κ1) is 19.8. The number of piperidine rings is 1. The quantitative estimate of drug-likeness (QED) is 0.791. The van der Waals surface area contributed by atoms with Crippen molar-refractivity contribution in [3.8, 4) is 11.5 Å². The highest BCUT2D eigenvalue weighted by Crippen LogP contribution is 2.36. The van der Waals surface area contributed by atoms with Crippen LogP contribution < -0.4 is 10.1 Å². The van der Waals surface area contributed by atoms with Gasteiger partial charge in [-0.3, -0.25) is 29.4 Å². The maximum atomic E-state index is 13.1. The van der Waals surface area contributed by atoms with Crippen LogP contribution in [-0.4, -0.2) is 34.6 Å². The van der Waals surface area contributed by atoms with E-state index in [1.807, 2.05) is 24.3 Å². The first-order chi connectivity index (χ1) is 14.2. The predicted molar refractivity (Wildman–Crippen MR) is 108 cm³/mol. The van der Waals surface area contributed by atoms with Crippen LogP contribution in [0.2, 0.25) is 0 Å². The van der Waals surface area contributed by atoms with Crippen molar-refractivity contribution in [1.82, 2.24) is 10.2 Å². The van der Waals surface area contributed by atoms with E-state index in [2.05, 4.69) is 26.1 Å². The summed E-state index contributed by atoms with van der Waals surface area (Å²) in [5, 5.41) is 2.19. The SMILES string of the molecule is CC(C)(C)c1ccc(Oc2cccc3c2C(=O)N(C2CCC(=O)NC2=O)C3=O)cc1. The van der Waals surface area contributed by atoms with Crippen molar-refractivity contribution in [2.45, 2.75) is 45.1 Å². The van der Waals surface area contributed by atoms with Gasteiger partial charge in [0, 0.05) is 6.42 Å². The lowest BCUT2D eigenvalue weighted by molar-refractivity contribution is -0.136. The molecular formula is C23H22N2O5. The zero-order valence-corrected chi connectivity index (χ0v) is 17.0. The fraction of sp³-hybridized carbons (Fsp3) is 0.304. The molecule has 0 saturated carbocycles. The summed E-state index contributed by atoms with van der Waals surface area (Å²) < 4.78 is 5.93. The number of fused-ring (bicyclic) bond motifs is 1. The zero-order valence-electron chi connectivity index (χ0n) is 17.0. The van der Waals surface area contributed by atoms with Crippen molar-refractivity contribution >= 4 is 23.6 Å². The summed E-state index contributed by atoms with van der Waals surface area (Å²) in [6.07, 6.45) is 0.188. The van der Waals surface area contributed by atoms with E-state index in [-0.39, 0.29) is 35.1 Å². The minimum absolute atomic E-state index is 0.00262. The molecule has 1 saturated heterocycles. The Kier molecular flexibility index (Phi) is 4.68. The molecule has 2 aromatic rings. The second-order valence-electron chi connectivity index (χ2n) is 8.50. The summed E-state index contributed by atoms with van der Waals surface area (Å²) in [6, 6.07) is 11.3. The second-order valence-corrected chi connectivity index (χ2v) is 8.50. The van der Waals surface area contributed by atoms with Crippen molar-refractivity contribution in [3.05, 3.63) is 59.2 Å². The molecule has 1 N–H and O–H groups in total. The molecule has 1 fully saturated rings. The van der Waals surface area contributed by atoms with Gasteiger partial charge in [-0.15, -0.1) is 0 Å². The molecule has 154 valence electrons. The van der Waals surface area contributed by atoms with Gasteiger partial charge in [-0.25, -0.2) is 0 Å². The van der Waals surface area contributed by atoms with Gasteiger partial charge in [-0.2, -0.15) is 0 Å². The fourth-order valence-electron chi connectivity index (χ4n) is 3.72. The van der Waals surface area contributed by atoms with E-state index < -0.39 is 29.7 Å². The third kappa shape index (κ3) is 3.36. The Bertz CT molecular complexity index is 1070. The van der Waals surface area contributed by atoms with Gasteiger partial charge in [0.25, 0.3) is 11.8 Å². The minimum Gasteiger partial charge on any atom is -0.457 e. The highest BCUT2D eigenvalue weighted by molar-refractivity contribution is 6.24. The molecule has 0 spiro atoms. The molecule has 0 aromatic heterocycles. The number of imide groups is 2. The highest BCUT2D eigenvalue weighted by Gasteiger charge is 2.46. The Morgan fingerprint density at radius 3 is 2.30 bits per heavy atom. The molecule has 2 heterocycles. The van der Waals surface area contributed by atoms with E-state index in [0.29, 0.717) is 5.75 Å². The number of hydrogen-bond donors (Lipinski definition) is 1. The molecule has 2 aliphatic heterocycles. The summed E-state index contributed by atoms with van der Waals surface area (Å²) >= 11 is 0. The molecular weight excluding hydrogens is 384 g/mol. The first-order valence-corrected chi connectivity index (χ1v) is 9.80. The summed E-state index contributed by atoms with van der Waals surface area (Å²) in [4.78, 5) is 50.5. The molecule has 0 aliphatic carbocycles. The second kappa shape index (κ2) is 7.09. The molecule has 4 amide bonds. The standard InChI is InChI=1S/C23H22N2O5/c1-23(2,3)13-7-9-14(10-8-13)30-17-6-4-5-15-19(17)22(29)25(21(15)28)16-11-12-18(26)24-20(16)27/h4-10,16H,11-12H2,1-3H3,(H,24,26,27). The van der Waals surface area contributed by atoms with Crippen LogP contribution in [0.5, 0.6) is 11.5 Å². The van der Waals surface area contributed by atoms with Gasteiger partial charge in [0.2, 0.25) is 11.8 Å². The van der Waals surface area contributed by atoms with E-state index in [1.165, 1.54) is 6.07 Å². The number of nitrogens with one attached hydrogen (secondary N) is 1. The third-order valence-electron chi connectivity index (χ3n) is 5.38. The smallest absolute Gasteiger partial charge is 0.266 e. The molecule has 0 bridgehead atoms. The van der Waals surface area contributed by atoms with Crippen LogP contribution >= 0.6 is 0 Å². The maximum absolute atomic E-state index is 13.1. The average Bonchev–Trinajstić information content (AvgIpc) is 2.93. The molecule has 7 nitrogen and oxygen atoms in total. The number of benzene rings is 2. The van der Waals surface area contributed by atoms with Crippen LogP contribution in [0.1, 0.15) is 59.9 Å². The van der Waals surface area contributed by atoms with Crippen molar-refractivity contribution in [2.75, 3.05) is 0 Å². The molecule has 30 heavy (non-hydrogen) atoms. The van der Waals surface area contributed by atoms with Crippen LogP contribution in [-0.2, 0) is 15.0 Å². The Balaban J connectivity index is 1.63. The summed E-state index contributed by atoms with van der Waals surface area (Å²) in [5.74, 6) is -1.40. The van der Waals surface area contributed by atoms with Gasteiger partial charge < -0.3 is 4.74 Å². The number of ether oxygens (including phenoxy) is 1. The van der Waals surface area contributed by atoms with Gasteiger partial charge in [0.1, 0.15) is 17.5 Å². The molecule has 4 rings (SSSR count). The van der Waals surface area contributed by atoms with Gasteiger partial charge in [-0.05, 0) is 41.7 Å². The van der Waals surface area contributed by atoms with Crippen LogP contribution in [0.25, 0.3) is 0 Å². The zero-order chi connectivity index (χ0) is 21.6. The molecule has 1 atom stereocenters. The molecule has 2 aliphatic rings. The maximum Gasteiger partial charge on any atom is 0.266 e. The number of carbonyl (C=O) groups is 4. The van der Waals surface area contributed by atoms with E-state index in [4.69, 9.17) is 4.74 Å². The Labute approximate surface area is 174 Å². The van der Waals surface area contributed by atoms with Crippen LogP contribution in [0, 0.1) is 0 Å². The van der Waals surface area contributed by atoms with Gasteiger partial charge in [0.05, 0.1) is 11.1 Å². The molecule has 0 radical (unpaired) electrons. The Hall–Kier alpha value is -3.48. The lowest BCUT2D eigenvalue weighted by Gasteiger charge is -2.27. The number of amides is 4. The van der Waals surface area contributed by atoms with E-state index >= 15 is 0 Å². The highest BCUT2D eigenvalue weighted by atomic mass is 16.5. The van der Waals surface area contributed by atoms with E-state index in [0.717, 1.165) is 10.5 Å². The minimum atomic E-state index is -1.01. The Morgan fingerprint density at radius 1 is 0.967 bits per heavy atom. The number of rotatable bonds is 3. The van der Waals surface area contributed by atoms with Gasteiger partial charge in [0.15, 0.2) is 0 Å².